The molecule has 0 saturated heterocycles. The van der Waals surface area contributed by atoms with Crippen molar-refractivity contribution in [2.75, 3.05) is 5.32 Å². The van der Waals surface area contributed by atoms with Gasteiger partial charge in [-0.1, -0.05) is 46.6 Å². The van der Waals surface area contributed by atoms with Crippen molar-refractivity contribution in [1.82, 2.24) is 10.5 Å². The van der Waals surface area contributed by atoms with Crippen molar-refractivity contribution in [1.29, 1.82) is 0 Å². The molecule has 1 aromatic heterocycles. The van der Waals surface area contributed by atoms with Crippen LogP contribution in [-0.4, -0.2) is 17.0 Å². The van der Waals surface area contributed by atoms with Gasteiger partial charge in [0.15, 0.2) is 0 Å². The zero-order valence-corrected chi connectivity index (χ0v) is 18.6. The Kier molecular flexibility index (Phi) is 6.03. The highest BCUT2D eigenvalue weighted by molar-refractivity contribution is 6.39. The van der Waals surface area contributed by atoms with E-state index in [0.29, 0.717) is 27.1 Å². The molecule has 2 N–H and O–H groups in total. The molecule has 0 radical (unpaired) electrons. The van der Waals surface area contributed by atoms with Crippen molar-refractivity contribution in [3.05, 3.63) is 69.4 Å². The maximum atomic E-state index is 13.1. The first-order valence-electron chi connectivity index (χ1n) is 9.97. The van der Waals surface area contributed by atoms with Crippen molar-refractivity contribution >= 4 is 40.7 Å². The fraction of sp³-hybridized carbons (Fsp3) is 0.261. The van der Waals surface area contributed by atoms with Crippen molar-refractivity contribution in [3.8, 4) is 11.3 Å². The summed E-state index contributed by atoms with van der Waals surface area (Å²) in [5.41, 5.74) is 2.68. The molecule has 1 aliphatic carbocycles. The van der Waals surface area contributed by atoms with Gasteiger partial charge in [0.1, 0.15) is 17.0 Å². The fourth-order valence-electron chi connectivity index (χ4n) is 3.33. The summed E-state index contributed by atoms with van der Waals surface area (Å²) in [6.45, 7) is 3.54. The smallest absolute Gasteiger partial charge is 0.257 e. The van der Waals surface area contributed by atoms with Crippen LogP contribution in [0.15, 0.2) is 47.0 Å². The summed E-state index contributed by atoms with van der Waals surface area (Å²) in [4.78, 5) is 25.0. The first-order valence-corrected chi connectivity index (χ1v) is 10.7. The van der Waals surface area contributed by atoms with Crippen LogP contribution >= 0.6 is 23.2 Å². The largest absolute Gasteiger partial charge is 0.360 e. The van der Waals surface area contributed by atoms with Crippen LogP contribution in [0.2, 0.25) is 10.0 Å². The number of anilines is 1. The number of aryl methyl sites for hydroxylation is 1. The summed E-state index contributed by atoms with van der Waals surface area (Å²) in [6.07, 6.45) is 1.91. The Balaban J connectivity index is 1.51. The Morgan fingerprint density at radius 3 is 2.35 bits per heavy atom. The van der Waals surface area contributed by atoms with Crippen LogP contribution < -0.4 is 10.6 Å². The average Bonchev–Trinajstić information content (AvgIpc) is 3.51. The Hall–Kier alpha value is -2.83. The van der Waals surface area contributed by atoms with Crippen LogP contribution in [0.3, 0.4) is 0 Å². The lowest BCUT2D eigenvalue weighted by Crippen LogP contribution is -2.27. The third-order valence-corrected chi connectivity index (χ3v) is 5.89. The van der Waals surface area contributed by atoms with Gasteiger partial charge in [-0.25, -0.2) is 0 Å². The highest BCUT2D eigenvalue weighted by Gasteiger charge is 2.29. The molecule has 1 unspecified atom stereocenters. The Labute approximate surface area is 189 Å². The number of nitrogens with one attached hydrogen (secondary N) is 2. The summed E-state index contributed by atoms with van der Waals surface area (Å²) in [6, 6.07) is 12.2. The van der Waals surface area contributed by atoms with Crippen LogP contribution in [0.1, 0.15) is 47.5 Å². The molecule has 6 nitrogen and oxygen atoms in total. The molecular formula is C23H21Cl2N3O3. The topological polar surface area (TPSA) is 84.2 Å². The minimum absolute atomic E-state index is 0.0581. The second kappa shape index (κ2) is 8.73. The summed E-state index contributed by atoms with van der Waals surface area (Å²) in [5.74, 6) is 0.227. The van der Waals surface area contributed by atoms with Gasteiger partial charge in [0.25, 0.3) is 5.91 Å². The van der Waals surface area contributed by atoms with Crippen LogP contribution in [0.5, 0.6) is 0 Å². The van der Waals surface area contributed by atoms with Crippen LogP contribution in [-0.2, 0) is 4.79 Å². The van der Waals surface area contributed by atoms with Crippen molar-refractivity contribution in [2.24, 2.45) is 5.92 Å². The summed E-state index contributed by atoms with van der Waals surface area (Å²) in [7, 11) is 0. The van der Waals surface area contributed by atoms with E-state index in [1.165, 1.54) is 0 Å². The molecule has 1 atom stereocenters. The van der Waals surface area contributed by atoms with Gasteiger partial charge in [-0.2, -0.15) is 0 Å². The quantitative estimate of drug-likeness (QED) is 0.489. The molecule has 160 valence electrons. The Morgan fingerprint density at radius 1 is 1.10 bits per heavy atom. The normalized spacial score (nSPS) is 14.2. The van der Waals surface area contributed by atoms with Gasteiger partial charge in [-0.3, -0.25) is 9.59 Å². The van der Waals surface area contributed by atoms with E-state index >= 15 is 0 Å². The molecule has 0 spiro atoms. The molecule has 0 aliphatic heterocycles. The molecule has 4 rings (SSSR count). The van der Waals surface area contributed by atoms with Gasteiger partial charge in [0.05, 0.1) is 16.1 Å². The van der Waals surface area contributed by atoms with Gasteiger partial charge >= 0.3 is 0 Å². The van der Waals surface area contributed by atoms with Crippen molar-refractivity contribution in [3.63, 3.8) is 0 Å². The molecule has 2 aromatic carbocycles. The van der Waals surface area contributed by atoms with E-state index in [9.17, 15) is 9.59 Å². The van der Waals surface area contributed by atoms with E-state index in [1.807, 2.05) is 31.2 Å². The number of carbonyl (C=O) groups is 2. The molecule has 0 bridgehead atoms. The van der Waals surface area contributed by atoms with Crippen LogP contribution in [0.4, 0.5) is 5.69 Å². The first kappa shape index (κ1) is 21.4. The first-order chi connectivity index (χ1) is 14.8. The van der Waals surface area contributed by atoms with E-state index in [2.05, 4.69) is 15.8 Å². The minimum Gasteiger partial charge on any atom is -0.360 e. The number of aromatic nitrogens is 1. The second-order valence-electron chi connectivity index (χ2n) is 7.64. The molecule has 1 fully saturated rings. The van der Waals surface area contributed by atoms with E-state index in [1.54, 1.807) is 25.1 Å². The van der Waals surface area contributed by atoms with Gasteiger partial charge in [0, 0.05) is 17.2 Å². The average molecular weight is 458 g/mol. The lowest BCUT2D eigenvalue weighted by atomic mass is 10.0. The van der Waals surface area contributed by atoms with E-state index in [0.717, 1.165) is 24.1 Å². The summed E-state index contributed by atoms with van der Waals surface area (Å²) in [5, 5.41) is 10.7. The lowest BCUT2D eigenvalue weighted by molar-refractivity contribution is -0.117. The number of rotatable bonds is 6. The second-order valence-corrected chi connectivity index (χ2v) is 8.45. The molecule has 2 amide bonds. The molecule has 1 saturated carbocycles. The predicted octanol–water partition coefficient (Wildman–Crippen LogP) is 5.80. The van der Waals surface area contributed by atoms with E-state index in [-0.39, 0.29) is 29.3 Å². The molecule has 31 heavy (non-hydrogen) atoms. The van der Waals surface area contributed by atoms with Gasteiger partial charge in [0.2, 0.25) is 5.91 Å². The third kappa shape index (κ3) is 4.60. The zero-order valence-electron chi connectivity index (χ0n) is 17.0. The van der Waals surface area contributed by atoms with Crippen molar-refractivity contribution in [2.45, 2.75) is 32.7 Å². The third-order valence-electron chi connectivity index (χ3n) is 5.26. The predicted molar refractivity (Wildman–Crippen MR) is 120 cm³/mol. The maximum Gasteiger partial charge on any atom is 0.257 e. The number of hydrogen-bond acceptors (Lipinski definition) is 4. The Morgan fingerprint density at radius 2 is 1.74 bits per heavy atom. The summed E-state index contributed by atoms with van der Waals surface area (Å²) < 4.78 is 5.28. The van der Waals surface area contributed by atoms with Crippen LogP contribution in [0, 0.1) is 12.8 Å². The van der Waals surface area contributed by atoms with E-state index in [4.69, 9.17) is 27.7 Å². The number of halogens is 2. The molecule has 1 aliphatic rings. The molecule has 1 heterocycles. The summed E-state index contributed by atoms with van der Waals surface area (Å²) >= 11 is 12.6. The SMILES string of the molecule is Cc1onc(-c2c(Cl)cccc2Cl)c1C(=O)NC(C)c1ccc(NC(=O)C2CC2)cc1. The number of nitrogens with zero attached hydrogens (tertiary/aromatic N) is 1. The molecule has 3 aromatic rings. The minimum atomic E-state index is -0.344. The monoisotopic (exact) mass is 457 g/mol. The number of benzene rings is 2. The highest BCUT2D eigenvalue weighted by Crippen LogP contribution is 2.37. The fourth-order valence-corrected chi connectivity index (χ4v) is 3.91. The van der Waals surface area contributed by atoms with Crippen LogP contribution in [0.25, 0.3) is 11.3 Å². The number of amides is 2. The number of hydrogen-bond donors (Lipinski definition) is 2. The van der Waals surface area contributed by atoms with Gasteiger partial charge < -0.3 is 15.2 Å². The molecular weight excluding hydrogens is 437 g/mol. The van der Waals surface area contributed by atoms with Crippen molar-refractivity contribution < 1.29 is 14.1 Å². The number of carbonyl (C=O) groups excluding carboxylic acids is 2. The lowest BCUT2D eigenvalue weighted by Gasteiger charge is -2.15. The van der Waals surface area contributed by atoms with Gasteiger partial charge in [-0.05, 0) is 56.5 Å². The maximum absolute atomic E-state index is 13.1. The molecule has 8 heteroatoms. The standard InChI is InChI=1S/C23H21Cl2N3O3/c1-12(14-8-10-16(11-9-14)27-22(29)15-6-7-15)26-23(30)19-13(2)31-28-21(19)20-17(24)4-3-5-18(20)25/h3-5,8-12,15H,6-7H2,1-2H3,(H,26,30)(H,27,29). The highest BCUT2D eigenvalue weighted by atomic mass is 35.5. The van der Waals surface area contributed by atoms with Gasteiger partial charge in [-0.15, -0.1) is 0 Å². The zero-order chi connectivity index (χ0) is 22.1. The Bertz CT molecular complexity index is 1120. The van der Waals surface area contributed by atoms with E-state index < -0.39 is 0 Å².